The zero-order chi connectivity index (χ0) is 21.7. The van der Waals surface area contributed by atoms with Crippen molar-refractivity contribution in [1.29, 1.82) is 0 Å². The van der Waals surface area contributed by atoms with E-state index in [0.717, 1.165) is 4.90 Å². The number of nitrogens with two attached hydrogens (primary N) is 1. The third-order valence-electron chi connectivity index (χ3n) is 5.20. The van der Waals surface area contributed by atoms with Gasteiger partial charge >= 0.3 is 5.97 Å². The first-order valence-electron chi connectivity index (χ1n) is 8.99. The van der Waals surface area contributed by atoms with Gasteiger partial charge in [0.2, 0.25) is 0 Å². The molecule has 1 aromatic carbocycles. The number of aromatic nitrogens is 1. The summed E-state index contributed by atoms with van der Waals surface area (Å²) >= 11 is 3.41. The Hall–Kier alpha value is -2.79. The SMILES string of the molecule is CNC1CN(c2c(F)cc3c(c2Br)N(c2nc(N)c(F)cc2F)C=C(C(=O)O)C3)C1. The van der Waals surface area contributed by atoms with Crippen molar-refractivity contribution in [2.45, 2.75) is 12.5 Å². The van der Waals surface area contributed by atoms with E-state index < -0.39 is 29.2 Å². The molecule has 0 amide bonds. The van der Waals surface area contributed by atoms with Crippen LogP contribution in [-0.2, 0) is 11.2 Å². The van der Waals surface area contributed by atoms with Gasteiger partial charge in [-0.1, -0.05) is 0 Å². The number of carbonyl (C=O) groups is 1. The van der Waals surface area contributed by atoms with Crippen LogP contribution in [0.4, 0.5) is 36.2 Å². The predicted octanol–water partition coefficient (Wildman–Crippen LogP) is 2.91. The Balaban J connectivity index is 1.90. The van der Waals surface area contributed by atoms with Crippen molar-refractivity contribution in [2.75, 3.05) is 35.7 Å². The molecule has 0 radical (unpaired) electrons. The van der Waals surface area contributed by atoms with Crippen LogP contribution < -0.4 is 20.9 Å². The normalized spacial score (nSPS) is 16.2. The summed E-state index contributed by atoms with van der Waals surface area (Å²) in [5, 5.41) is 12.6. The number of carboxylic acids is 1. The van der Waals surface area contributed by atoms with Crippen molar-refractivity contribution in [3.63, 3.8) is 0 Å². The van der Waals surface area contributed by atoms with Gasteiger partial charge in [0.15, 0.2) is 23.3 Å². The highest BCUT2D eigenvalue weighted by atomic mass is 79.9. The van der Waals surface area contributed by atoms with Gasteiger partial charge in [0.05, 0.1) is 21.4 Å². The first kappa shape index (κ1) is 20.5. The molecule has 30 heavy (non-hydrogen) atoms. The monoisotopic (exact) mass is 483 g/mol. The summed E-state index contributed by atoms with van der Waals surface area (Å²) < 4.78 is 43.5. The number of nitrogens with zero attached hydrogens (tertiary/aromatic N) is 3. The van der Waals surface area contributed by atoms with E-state index in [1.165, 1.54) is 12.3 Å². The Morgan fingerprint density at radius 3 is 2.57 bits per heavy atom. The van der Waals surface area contributed by atoms with Gasteiger partial charge in [-0.2, -0.15) is 0 Å². The summed E-state index contributed by atoms with van der Waals surface area (Å²) in [5.74, 6) is -4.78. The second kappa shape index (κ2) is 7.47. The molecule has 0 aliphatic carbocycles. The molecule has 11 heteroatoms. The van der Waals surface area contributed by atoms with E-state index in [2.05, 4.69) is 26.2 Å². The lowest BCUT2D eigenvalue weighted by molar-refractivity contribution is -0.132. The van der Waals surface area contributed by atoms with Crippen molar-refractivity contribution in [2.24, 2.45) is 0 Å². The number of anilines is 4. The van der Waals surface area contributed by atoms with E-state index >= 15 is 0 Å². The van der Waals surface area contributed by atoms with Gasteiger partial charge < -0.3 is 21.1 Å². The summed E-state index contributed by atoms with van der Waals surface area (Å²) in [5.41, 5.74) is 6.31. The third kappa shape index (κ3) is 3.27. The second-order valence-electron chi connectivity index (χ2n) is 7.09. The van der Waals surface area contributed by atoms with E-state index in [-0.39, 0.29) is 29.5 Å². The number of hydrogen-bond acceptors (Lipinski definition) is 6. The third-order valence-corrected chi connectivity index (χ3v) is 5.95. The summed E-state index contributed by atoms with van der Waals surface area (Å²) in [6, 6.07) is 2.01. The number of nitrogen functional groups attached to an aromatic ring is 1. The predicted molar refractivity (Wildman–Crippen MR) is 109 cm³/mol. The average molecular weight is 484 g/mol. The number of benzene rings is 1. The molecule has 0 bridgehead atoms. The number of rotatable bonds is 4. The topological polar surface area (TPSA) is 94.7 Å². The molecule has 4 rings (SSSR count). The summed E-state index contributed by atoms with van der Waals surface area (Å²) in [6.45, 7) is 1.13. The van der Waals surface area contributed by atoms with Gasteiger partial charge in [0.1, 0.15) is 5.82 Å². The van der Waals surface area contributed by atoms with Crippen molar-refractivity contribution in [3.05, 3.63) is 51.4 Å². The number of aliphatic carboxylic acids is 1. The highest BCUT2D eigenvalue weighted by molar-refractivity contribution is 9.10. The Morgan fingerprint density at radius 2 is 1.93 bits per heavy atom. The Labute approximate surface area is 178 Å². The molecular formula is C19H17BrF3N5O2. The fraction of sp³-hybridized carbons (Fsp3) is 0.263. The number of fused-ring (bicyclic) bond motifs is 1. The smallest absolute Gasteiger partial charge is 0.333 e. The fourth-order valence-electron chi connectivity index (χ4n) is 3.59. The number of nitrogens with one attached hydrogen (secondary N) is 1. The maximum Gasteiger partial charge on any atom is 0.333 e. The van der Waals surface area contributed by atoms with Crippen molar-refractivity contribution >= 4 is 44.9 Å². The fourth-order valence-corrected chi connectivity index (χ4v) is 4.47. The maximum absolute atomic E-state index is 15.0. The first-order valence-corrected chi connectivity index (χ1v) is 9.78. The Morgan fingerprint density at radius 1 is 1.23 bits per heavy atom. The molecule has 3 heterocycles. The molecule has 158 valence electrons. The van der Waals surface area contributed by atoms with E-state index in [1.807, 2.05) is 7.05 Å². The Kier molecular flexibility index (Phi) is 5.10. The standard InChI is InChI=1S/C19H17BrF3N5O2/c1-25-10-6-27(7-10)16-11(21)3-8-2-9(19(29)30)5-28(15(8)14(16)20)18-13(23)4-12(22)17(24)26-18/h3-5,10,25H,2,6-7H2,1H3,(H2,24,26)(H,29,30). The van der Waals surface area contributed by atoms with E-state index in [0.29, 0.717) is 34.9 Å². The van der Waals surface area contributed by atoms with E-state index in [9.17, 15) is 23.1 Å². The van der Waals surface area contributed by atoms with Crippen LogP contribution in [0.2, 0.25) is 0 Å². The molecule has 7 nitrogen and oxygen atoms in total. The minimum atomic E-state index is -1.25. The molecule has 0 atom stereocenters. The van der Waals surface area contributed by atoms with Crippen LogP contribution in [-0.4, -0.2) is 42.2 Å². The lowest BCUT2D eigenvalue weighted by atomic mass is 9.97. The summed E-state index contributed by atoms with van der Waals surface area (Å²) in [4.78, 5) is 18.3. The molecule has 1 saturated heterocycles. The average Bonchev–Trinajstić information content (AvgIpc) is 2.65. The molecule has 4 N–H and O–H groups in total. The zero-order valence-corrected chi connectivity index (χ0v) is 17.3. The number of halogens is 4. The largest absolute Gasteiger partial charge is 0.478 e. The van der Waals surface area contributed by atoms with Crippen LogP contribution in [0.3, 0.4) is 0 Å². The molecule has 1 aromatic heterocycles. The highest BCUT2D eigenvalue weighted by Crippen LogP contribution is 2.47. The van der Waals surface area contributed by atoms with Crippen LogP contribution in [0, 0.1) is 17.5 Å². The van der Waals surface area contributed by atoms with Gasteiger partial charge in [-0.05, 0) is 34.6 Å². The number of pyridine rings is 1. The lowest BCUT2D eigenvalue weighted by Crippen LogP contribution is -2.57. The minimum absolute atomic E-state index is 0.0750. The maximum atomic E-state index is 15.0. The molecule has 2 aliphatic heterocycles. The number of carboxylic acid groups (broad SMARTS) is 1. The molecule has 2 aromatic rings. The van der Waals surface area contributed by atoms with Gasteiger partial charge in [0.25, 0.3) is 0 Å². The van der Waals surface area contributed by atoms with Crippen molar-refractivity contribution < 1.29 is 23.1 Å². The van der Waals surface area contributed by atoms with Crippen molar-refractivity contribution in [1.82, 2.24) is 10.3 Å². The van der Waals surface area contributed by atoms with Crippen molar-refractivity contribution in [3.8, 4) is 0 Å². The van der Waals surface area contributed by atoms with E-state index in [1.54, 1.807) is 4.90 Å². The quantitative estimate of drug-likeness (QED) is 0.615. The van der Waals surface area contributed by atoms with Crippen LogP contribution in [0.1, 0.15) is 5.56 Å². The number of likely N-dealkylation sites (N-methyl/N-ethyl adjacent to an activating group) is 1. The molecule has 0 unspecified atom stereocenters. The highest BCUT2D eigenvalue weighted by Gasteiger charge is 2.34. The van der Waals surface area contributed by atoms with Gasteiger partial charge in [-0.25, -0.2) is 22.9 Å². The molecule has 0 saturated carbocycles. The van der Waals surface area contributed by atoms with Gasteiger partial charge in [-0.15, -0.1) is 0 Å². The molecular weight excluding hydrogens is 467 g/mol. The lowest BCUT2D eigenvalue weighted by Gasteiger charge is -2.42. The number of hydrogen-bond donors (Lipinski definition) is 3. The van der Waals surface area contributed by atoms with Crippen LogP contribution in [0.5, 0.6) is 0 Å². The minimum Gasteiger partial charge on any atom is -0.478 e. The van der Waals surface area contributed by atoms with Gasteiger partial charge in [0, 0.05) is 37.8 Å². The molecule has 2 aliphatic rings. The zero-order valence-electron chi connectivity index (χ0n) is 15.7. The molecule has 1 fully saturated rings. The van der Waals surface area contributed by atoms with Crippen LogP contribution >= 0.6 is 15.9 Å². The summed E-state index contributed by atoms with van der Waals surface area (Å²) in [6.07, 6.45) is 1.11. The van der Waals surface area contributed by atoms with Gasteiger partial charge in [-0.3, -0.25) is 4.90 Å². The first-order chi connectivity index (χ1) is 14.2. The van der Waals surface area contributed by atoms with E-state index in [4.69, 9.17) is 5.73 Å². The van der Waals surface area contributed by atoms with Crippen LogP contribution in [0.25, 0.3) is 0 Å². The summed E-state index contributed by atoms with van der Waals surface area (Å²) in [7, 11) is 1.81. The Bertz CT molecular complexity index is 1090. The van der Waals surface area contributed by atoms with Crippen LogP contribution in [0.15, 0.2) is 28.4 Å². The molecule has 0 spiro atoms. The second-order valence-corrected chi connectivity index (χ2v) is 7.88.